The Morgan fingerprint density at radius 2 is 1.93 bits per heavy atom. The van der Waals surface area contributed by atoms with Gasteiger partial charge in [-0.05, 0) is 63.5 Å². The molecule has 1 aliphatic heterocycles. The lowest BCUT2D eigenvalue weighted by Crippen LogP contribution is -2.61. The standard InChI is InChI=1S/C21H31BrN4O2/c1-25-12-8-18(9-13-25)26(2)19(27)21(10-3-4-11-21)24-20(28)23-15-16-6-5-7-17(22)14-16/h5-7,14,18H,3-4,8-13,15H2,1-2H3,(H2,23,24,28). The summed E-state index contributed by atoms with van der Waals surface area (Å²) in [5.74, 6) is 0.0668. The van der Waals surface area contributed by atoms with Gasteiger partial charge in [0.25, 0.3) is 0 Å². The Balaban J connectivity index is 1.61. The molecule has 1 saturated carbocycles. The Labute approximate surface area is 176 Å². The van der Waals surface area contributed by atoms with Gasteiger partial charge in [0.1, 0.15) is 5.54 Å². The molecule has 0 bridgehead atoms. The molecule has 0 radical (unpaired) electrons. The molecule has 1 aliphatic carbocycles. The summed E-state index contributed by atoms with van der Waals surface area (Å²) in [4.78, 5) is 30.2. The van der Waals surface area contributed by atoms with Crippen molar-refractivity contribution in [3.05, 3.63) is 34.3 Å². The van der Waals surface area contributed by atoms with Gasteiger partial charge in [0.05, 0.1) is 0 Å². The predicted octanol–water partition coefficient (Wildman–Crippen LogP) is 3.11. The molecule has 154 valence electrons. The molecule has 1 heterocycles. The number of carbonyl (C=O) groups excluding carboxylic acids is 2. The van der Waals surface area contributed by atoms with Crippen LogP contribution in [0.25, 0.3) is 0 Å². The fourth-order valence-electron chi connectivity index (χ4n) is 4.35. The molecule has 1 aromatic carbocycles. The van der Waals surface area contributed by atoms with Crippen molar-refractivity contribution in [2.45, 2.75) is 56.7 Å². The maximum absolute atomic E-state index is 13.4. The molecule has 2 aliphatic rings. The Morgan fingerprint density at radius 1 is 1.25 bits per heavy atom. The first kappa shape index (κ1) is 21.1. The van der Waals surface area contributed by atoms with E-state index in [0.717, 1.165) is 48.8 Å². The number of nitrogens with one attached hydrogen (secondary N) is 2. The maximum Gasteiger partial charge on any atom is 0.315 e. The molecule has 0 aromatic heterocycles. The van der Waals surface area contributed by atoms with Crippen molar-refractivity contribution in [2.24, 2.45) is 0 Å². The number of likely N-dealkylation sites (N-methyl/N-ethyl adjacent to an activating group) is 1. The van der Waals surface area contributed by atoms with Gasteiger partial charge in [-0.25, -0.2) is 4.79 Å². The Bertz CT molecular complexity index is 697. The number of piperidine rings is 1. The van der Waals surface area contributed by atoms with Crippen LogP contribution in [0.2, 0.25) is 0 Å². The first-order valence-corrected chi connectivity index (χ1v) is 11.0. The number of likely N-dealkylation sites (tertiary alicyclic amines) is 1. The van der Waals surface area contributed by atoms with Crippen LogP contribution in [-0.2, 0) is 11.3 Å². The highest BCUT2D eigenvalue weighted by molar-refractivity contribution is 9.10. The summed E-state index contributed by atoms with van der Waals surface area (Å²) in [5, 5.41) is 5.95. The van der Waals surface area contributed by atoms with Crippen LogP contribution >= 0.6 is 15.9 Å². The van der Waals surface area contributed by atoms with Crippen LogP contribution in [0.4, 0.5) is 4.79 Å². The number of hydrogen-bond donors (Lipinski definition) is 2. The number of nitrogens with zero attached hydrogens (tertiary/aromatic N) is 2. The summed E-state index contributed by atoms with van der Waals surface area (Å²) in [6.07, 6.45) is 5.35. The van der Waals surface area contributed by atoms with Crippen LogP contribution in [-0.4, -0.2) is 60.5 Å². The SMILES string of the molecule is CN1CCC(N(C)C(=O)C2(NC(=O)NCc3cccc(Br)c3)CCCC2)CC1. The smallest absolute Gasteiger partial charge is 0.315 e. The summed E-state index contributed by atoms with van der Waals surface area (Å²) in [6, 6.07) is 7.83. The monoisotopic (exact) mass is 450 g/mol. The molecule has 28 heavy (non-hydrogen) atoms. The van der Waals surface area contributed by atoms with Crippen molar-refractivity contribution in [1.82, 2.24) is 20.4 Å². The number of carbonyl (C=O) groups is 2. The molecule has 1 saturated heterocycles. The van der Waals surface area contributed by atoms with Gasteiger partial charge in [-0.1, -0.05) is 40.9 Å². The fourth-order valence-corrected chi connectivity index (χ4v) is 4.79. The van der Waals surface area contributed by atoms with Crippen molar-refractivity contribution in [1.29, 1.82) is 0 Å². The lowest BCUT2D eigenvalue weighted by molar-refractivity contribution is -0.139. The van der Waals surface area contributed by atoms with Gasteiger partial charge in [0, 0.05) is 24.1 Å². The van der Waals surface area contributed by atoms with Gasteiger partial charge >= 0.3 is 6.03 Å². The van der Waals surface area contributed by atoms with Gasteiger partial charge in [-0.3, -0.25) is 4.79 Å². The zero-order chi connectivity index (χ0) is 20.1. The summed E-state index contributed by atoms with van der Waals surface area (Å²) < 4.78 is 0.981. The minimum atomic E-state index is -0.764. The quantitative estimate of drug-likeness (QED) is 0.723. The average molecular weight is 451 g/mol. The molecular formula is C21H31BrN4O2. The predicted molar refractivity (Wildman–Crippen MR) is 114 cm³/mol. The zero-order valence-electron chi connectivity index (χ0n) is 16.8. The third-order valence-corrected chi connectivity index (χ3v) is 6.61. The number of rotatable bonds is 5. The lowest BCUT2D eigenvalue weighted by atomic mass is 9.93. The van der Waals surface area contributed by atoms with E-state index in [4.69, 9.17) is 0 Å². The fraction of sp³-hybridized carbons (Fsp3) is 0.619. The first-order valence-electron chi connectivity index (χ1n) is 10.2. The van der Waals surface area contributed by atoms with Crippen molar-refractivity contribution >= 4 is 27.9 Å². The van der Waals surface area contributed by atoms with Crippen LogP contribution in [0.1, 0.15) is 44.1 Å². The van der Waals surface area contributed by atoms with E-state index >= 15 is 0 Å². The third kappa shape index (κ3) is 5.06. The van der Waals surface area contributed by atoms with E-state index in [1.165, 1.54) is 0 Å². The largest absolute Gasteiger partial charge is 0.341 e. The van der Waals surface area contributed by atoms with Crippen LogP contribution in [0.3, 0.4) is 0 Å². The summed E-state index contributed by atoms with van der Waals surface area (Å²) in [7, 11) is 4.02. The molecule has 3 amide bonds. The van der Waals surface area contributed by atoms with E-state index in [1.807, 2.05) is 36.2 Å². The lowest BCUT2D eigenvalue weighted by Gasteiger charge is -2.40. The van der Waals surface area contributed by atoms with Gasteiger partial charge < -0.3 is 20.4 Å². The molecule has 0 unspecified atom stereocenters. The molecule has 7 heteroatoms. The van der Waals surface area contributed by atoms with E-state index in [-0.39, 0.29) is 18.0 Å². The number of halogens is 1. The zero-order valence-corrected chi connectivity index (χ0v) is 18.4. The van der Waals surface area contributed by atoms with Crippen molar-refractivity contribution in [3.63, 3.8) is 0 Å². The van der Waals surface area contributed by atoms with E-state index in [1.54, 1.807) is 0 Å². The van der Waals surface area contributed by atoms with Crippen LogP contribution in [0.15, 0.2) is 28.7 Å². The van der Waals surface area contributed by atoms with Gasteiger partial charge in [-0.2, -0.15) is 0 Å². The second kappa shape index (κ2) is 9.27. The third-order valence-electron chi connectivity index (χ3n) is 6.12. The Kier molecular flexibility index (Phi) is 6.99. The number of urea groups is 1. The van der Waals surface area contributed by atoms with Crippen LogP contribution < -0.4 is 10.6 Å². The van der Waals surface area contributed by atoms with Crippen molar-refractivity contribution in [3.8, 4) is 0 Å². The highest BCUT2D eigenvalue weighted by atomic mass is 79.9. The minimum Gasteiger partial charge on any atom is -0.341 e. The van der Waals surface area contributed by atoms with Crippen molar-refractivity contribution in [2.75, 3.05) is 27.2 Å². The van der Waals surface area contributed by atoms with E-state index in [2.05, 4.69) is 38.5 Å². The second-order valence-electron chi connectivity index (χ2n) is 8.18. The first-order chi connectivity index (χ1) is 13.4. The summed E-state index contributed by atoms with van der Waals surface area (Å²) >= 11 is 3.44. The maximum atomic E-state index is 13.4. The second-order valence-corrected chi connectivity index (χ2v) is 9.09. The Morgan fingerprint density at radius 3 is 2.57 bits per heavy atom. The van der Waals surface area contributed by atoms with Gasteiger partial charge in [0.15, 0.2) is 0 Å². The molecule has 0 spiro atoms. The molecule has 2 fully saturated rings. The highest BCUT2D eigenvalue weighted by Gasteiger charge is 2.45. The van der Waals surface area contributed by atoms with Crippen molar-refractivity contribution < 1.29 is 9.59 Å². The molecular weight excluding hydrogens is 420 g/mol. The number of benzene rings is 1. The highest BCUT2D eigenvalue weighted by Crippen LogP contribution is 2.32. The minimum absolute atomic E-state index is 0.0668. The molecule has 0 atom stereocenters. The molecule has 6 nitrogen and oxygen atoms in total. The summed E-state index contributed by atoms with van der Waals surface area (Å²) in [6.45, 7) is 2.45. The van der Waals surface area contributed by atoms with Crippen LogP contribution in [0.5, 0.6) is 0 Å². The van der Waals surface area contributed by atoms with Gasteiger partial charge in [0.2, 0.25) is 5.91 Å². The topological polar surface area (TPSA) is 64.7 Å². The average Bonchev–Trinajstić information content (AvgIpc) is 3.15. The number of hydrogen-bond acceptors (Lipinski definition) is 3. The van der Waals surface area contributed by atoms with E-state index in [9.17, 15) is 9.59 Å². The van der Waals surface area contributed by atoms with Gasteiger partial charge in [-0.15, -0.1) is 0 Å². The number of amides is 3. The Hall–Kier alpha value is -1.60. The van der Waals surface area contributed by atoms with E-state index < -0.39 is 5.54 Å². The summed E-state index contributed by atoms with van der Waals surface area (Å²) in [5.41, 5.74) is 0.249. The molecule has 1 aromatic rings. The van der Waals surface area contributed by atoms with Crippen LogP contribution in [0, 0.1) is 0 Å². The molecule has 3 rings (SSSR count). The van der Waals surface area contributed by atoms with E-state index in [0.29, 0.717) is 19.4 Å². The normalized spacial score (nSPS) is 20.0. The molecule has 2 N–H and O–H groups in total.